The molecule has 0 heterocycles. The molecule has 0 aliphatic heterocycles. The van der Waals surface area contributed by atoms with Gasteiger partial charge in [0.05, 0.1) is 17.2 Å². The Hall–Kier alpha value is -3.85. The topological polar surface area (TPSA) is 96.0 Å². The first kappa shape index (κ1) is 31.7. The lowest BCUT2D eigenvalue weighted by atomic mass is 10.1. The fourth-order valence-corrected chi connectivity index (χ4v) is 5.92. The molecule has 0 aromatic heterocycles. The fourth-order valence-electron chi connectivity index (χ4n) is 4.50. The third-order valence-electron chi connectivity index (χ3n) is 6.74. The molecule has 3 aromatic carbocycles. The zero-order chi connectivity index (χ0) is 29.8. The average molecular weight is 580 g/mol. The molecule has 0 aliphatic carbocycles. The Labute approximate surface area is 244 Å². The molecule has 0 saturated carbocycles. The lowest BCUT2D eigenvalue weighted by Crippen LogP contribution is -2.53. The van der Waals surface area contributed by atoms with Crippen LogP contribution in [0.15, 0.2) is 83.8 Å². The summed E-state index contributed by atoms with van der Waals surface area (Å²) in [6.45, 7) is 8.33. The number of carbonyl (C=O) groups excluding carboxylic acids is 2. The van der Waals surface area contributed by atoms with Crippen LogP contribution in [0, 0.1) is 6.92 Å². The number of rotatable bonds is 15. The Bertz CT molecular complexity index is 1360. The largest absolute Gasteiger partial charge is 0.494 e. The van der Waals surface area contributed by atoms with Gasteiger partial charge in [0.15, 0.2) is 0 Å². The predicted molar refractivity (Wildman–Crippen MR) is 163 cm³/mol. The molecular weight excluding hydrogens is 538 g/mol. The molecular formula is C32H41N3O5S. The van der Waals surface area contributed by atoms with Gasteiger partial charge >= 0.3 is 0 Å². The number of amides is 2. The normalized spacial score (nSPS) is 11.9. The first-order valence-corrected chi connectivity index (χ1v) is 15.6. The van der Waals surface area contributed by atoms with Crippen LogP contribution in [0.4, 0.5) is 5.69 Å². The molecule has 8 nitrogen and oxygen atoms in total. The predicted octanol–water partition coefficient (Wildman–Crippen LogP) is 4.97. The minimum absolute atomic E-state index is 0.0772. The summed E-state index contributed by atoms with van der Waals surface area (Å²) in [5.74, 6) is -0.104. The monoisotopic (exact) mass is 579 g/mol. The van der Waals surface area contributed by atoms with E-state index < -0.39 is 28.5 Å². The molecule has 1 N–H and O–H groups in total. The number of ether oxygens (including phenoxy) is 1. The lowest BCUT2D eigenvalue weighted by Gasteiger charge is -2.33. The van der Waals surface area contributed by atoms with Gasteiger partial charge in [-0.1, -0.05) is 61.9 Å². The van der Waals surface area contributed by atoms with E-state index in [9.17, 15) is 18.0 Å². The molecule has 3 rings (SSSR count). The third kappa shape index (κ3) is 8.57. The van der Waals surface area contributed by atoms with E-state index in [2.05, 4.69) is 5.32 Å². The van der Waals surface area contributed by atoms with Gasteiger partial charge in [0.25, 0.3) is 10.0 Å². The van der Waals surface area contributed by atoms with Crippen LogP contribution in [-0.2, 0) is 26.0 Å². The number of nitrogens with one attached hydrogen (secondary N) is 1. The van der Waals surface area contributed by atoms with Crippen molar-refractivity contribution in [2.75, 3.05) is 30.5 Å². The van der Waals surface area contributed by atoms with Crippen LogP contribution in [0.1, 0.15) is 44.7 Å². The van der Waals surface area contributed by atoms with Crippen LogP contribution in [-0.4, -0.2) is 57.4 Å². The number of aryl methyl sites for hydroxylation is 1. The van der Waals surface area contributed by atoms with Crippen molar-refractivity contribution in [3.8, 4) is 5.75 Å². The smallest absolute Gasteiger partial charge is 0.264 e. The molecule has 0 bridgehead atoms. The first-order valence-electron chi connectivity index (χ1n) is 14.1. The number of nitrogens with zero attached hydrogens (tertiary/aromatic N) is 2. The van der Waals surface area contributed by atoms with Gasteiger partial charge in [-0.05, 0) is 75.1 Å². The second-order valence-corrected chi connectivity index (χ2v) is 11.7. The van der Waals surface area contributed by atoms with E-state index >= 15 is 0 Å². The Morgan fingerprint density at radius 2 is 1.56 bits per heavy atom. The fraction of sp³-hybridized carbons (Fsp3) is 0.375. The molecule has 0 saturated heterocycles. The van der Waals surface area contributed by atoms with Crippen molar-refractivity contribution in [2.45, 2.75) is 57.9 Å². The highest BCUT2D eigenvalue weighted by Crippen LogP contribution is 2.27. The zero-order valence-electron chi connectivity index (χ0n) is 24.4. The Balaban J connectivity index is 2.00. The molecule has 0 radical (unpaired) electrons. The van der Waals surface area contributed by atoms with Crippen LogP contribution in [0.5, 0.6) is 5.75 Å². The molecule has 2 amide bonds. The van der Waals surface area contributed by atoms with Crippen molar-refractivity contribution >= 4 is 27.5 Å². The molecule has 0 unspecified atom stereocenters. The highest BCUT2D eigenvalue weighted by Gasteiger charge is 2.33. The van der Waals surface area contributed by atoms with E-state index in [1.54, 1.807) is 36.4 Å². The summed E-state index contributed by atoms with van der Waals surface area (Å²) in [6, 6.07) is 22.1. The Morgan fingerprint density at radius 3 is 2.15 bits per heavy atom. The van der Waals surface area contributed by atoms with Crippen LogP contribution in [0.3, 0.4) is 0 Å². The number of hydrogen-bond acceptors (Lipinski definition) is 5. The van der Waals surface area contributed by atoms with E-state index in [-0.39, 0.29) is 17.3 Å². The number of benzene rings is 3. The molecule has 0 aliphatic rings. The number of anilines is 1. The molecule has 1 atom stereocenters. The Morgan fingerprint density at radius 1 is 0.902 bits per heavy atom. The SMILES string of the molecule is CCCNC(=O)[C@@H](CC)N(CCc1ccccc1)C(=O)CN(c1ccc(OCC)cc1)S(=O)(=O)c1ccc(C)cc1. The van der Waals surface area contributed by atoms with E-state index in [0.717, 1.165) is 21.9 Å². The minimum Gasteiger partial charge on any atom is -0.494 e. The number of carbonyl (C=O) groups is 2. The van der Waals surface area contributed by atoms with Gasteiger partial charge in [-0.25, -0.2) is 8.42 Å². The summed E-state index contributed by atoms with van der Waals surface area (Å²) in [7, 11) is -4.11. The minimum atomic E-state index is -4.11. The first-order chi connectivity index (χ1) is 19.7. The van der Waals surface area contributed by atoms with Gasteiger partial charge in [-0.15, -0.1) is 0 Å². The van der Waals surface area contributed by atoms with Gasteiger partial charge < -0.3 is 15.0 Å². The van der Waals surface area contributed by atoms with E-state index in [1.165, 1.54) is 17.0 Å². The maximum atomic E-state index is 14.0. The zero-order valence-corrected chi connectivity index (χ0v) is 25.2. The molecule has 220 valence electrons. The third-order valence-corrected chi connectivity index (χ3v) is 8.53. The number of hydrogen-bond donors (Lipinski definition) is 1. The number of sulfonamides is 1. The van der Waals surface area contributed by atoms with Crippen LogP contribution < -0.4 is 14.4 Å². The van der Waals surface area contributed by atoms with Crippen LogP contribution in [0.25, 0.3) is 0 Å². The van der Waals surface area contributed by atoms with Crippen molar-refractivity contribution in [1.29, 1.82) is 0 Å². The molecule has 9 heteroatoms. The van der Waals surface area contributed by atoms with E-state index in [4.69, 9.17) is 4.74 Å². The second kappa shape index (κ2) is 15.2. The summed E-state index contributed by atoms with van der Waals surface area (Å²) < 4.78 is 34.6. The van der Waals surface area contributed by atoms with Crippen molar-refractivity contribution in [1.82, 2.24) is 10.2 Å². The molecule has 3 aromatic rings. The Kier molecular flexibility index (Phi) is 11.8. The summed E-state index contributed by atoms with van der Waals surface area (Å²) in [6.07, 6.45) is 1.68. The summed E-state index contributed by atoms with van der Waals surface area (Å²) in [5.41, 5.74) is 2.27. The highest BCUT2D eigenvalue weighted by atomic mass is 32.2. The van der Waals surface area contributed by atoms with Crippen molar-refractivity contribution < 1.29 is 22.7 Å². The van der Waals surface area contributed by atoms with Gasteiger partial charge in [0, 0.05) is 13.1 Å². The summed E-state index contributed by atoms with van der Waals surface area (Å²) in [5, 5.41) is 2.90. The van der Waals surface area contributed by atoms with Gasteiger partial charge in [0.1, 0.15) is 18.3 Å². The lowest BCUT2D eigenvalue weighted by molar-refractivity contribution is -0.139. The molecule has 0 spiro atoms. The maximum absolute atomic E-state index is 14.0. The maximum Gasteiger partial charge on any atom is 0.264 e. The van der Waals surface area contributed by atoms with Crippen molar-refractivity contribution in [3.63, 3.8) is 0 Å². The van der Waals surface area contributed by atoms with Crippen LogP contribution in [0.2, 0.25) is 0 Å². The second-order valence-electron chi connectivity index (χ2n) is 9.79. The van der Waals surface area contributed by atoms with Gasteiger partial charge in [-0.3, -0.25) is 13.9 Å². The highest BCUT2D eigenvalue weighted by molar-refractivity contribution is 7.92. The van der Waals surface area contributed by atoms with E-state index in [1.807, 2.05) is 58.0 Å². The molecule has 41 heavy (non-hydrogen) atoms. The quantitative estimate of drug-likeness (QED) is 0.275. The summed E-state index contributed by atoms with van der Waals surface area (Å²) >= 11 is 0. The standard InChI is InChI=1S/C32H41N3O5S/c1-5-22-33-32(37)30(6-2)34(23-21-26-11-9-8-10-12-26)31(36)24-35(27-15-17-28(18-16-27)40-7-3)41(38,39)29-19-13-25(4)14-20-29/h8-20,30H,5-7,21-24H2,1-4H3,(H,33,37)/t30-/m1/s1. The van der Waals surface area contributed by atoms with Crippen molar-refractivity contribution in [3.05, 3.63) is 90.0 Å². The van der Waals surface area contributed by atoms with Crippen LogP contribution >= 0.6 is 0 Å². The molecule has 0 fully saturated rings. The van der Waals surface area contributed by atoms with Gasteiger partial charge in [0.2, 0.25) is 11.8 Å². The summed E-state index contributed by atoms with van der Waals surface area (Å²) in [4.78, 5) is 28.8. The van der Waals surface area contributed by atoms with E-state index in [0.29, 0.717) is 37.4 Å². The van der Waals surface area contributed by atoms with Gasteiger partial charge in [-0.2, -0.15) is 0 Å². The van der Waals surface area contributed by atoms with Crippen molar-refractivity contribution in [2.24, 2.45) is 0 Å². The average Bonchev–Trinajstić information content (AvgIpc) is 2.98.